The van der Waals surface area contributed by atoms with Gasteiger partial charge in [0.2, 0.25) is 0 Å². The molecule has 3 rings (SSSR count). The fourth-order valence-electron chi connectivity index (χ4n) is 2.83. The predicted molar refractivity (Wildman–Crippen MR) is 128 cm³/mol. The summed E-state index contributed by atoms with van der Waals surface area (Å²) in [6.07, 6.45) is -18.7. The minimum Gasteiger partial charge on any atom is -0.376 e. The van der Waals surface area contributed by atoms with Crippen molar-refractivity contribution in [3.8, 4) is 0 Å². The van der Waals surface area contributed by atoms with Gasteiger partial charge in [-0.15, -0.1) is 0 Å². The van der Waals surface area contributed by atoms with Crippen LogP contribution in [0.15, 0.2) is 54.6 Å². The SMILES string of the molecule is CC(O)(c1cccc(C(C)(O)C(F)(F)F)c1)C(F)(F)F.CN(C)Cc1ccccc1.FC(F)C(F)(F)OCC1CO1. The summed E-state index contributed by atoms with van der Waals surface area (Å²) in [7, 11) is 4.15. The Morgan fingerprint density at radius 2 is 1.27 bits per heavy atom. The quantitative estimate of drug-likeness (QED) is 0.274. The van der Waals surface area contributed by atoms with Gasteiger partial charge in [-0.25, -0.2) is 8.78 Å². The molecule has 2 aromatic carbocycles. The fourth-order valence-corrected chi connectivity index (χ4v) is 2.83. The van der Waals surface area contributed by atoms with Crippen LogP contribution in [0.2, 0.25) is 0 Å². The highest BCUT2D eigenvalue weighted by atomic mass is 19.4. The van der Waals surface area contributed by atoms with E-state index in [0.717, 1.165) is 24.7 Å². The normalized spacial score (nSPS) is 18.4. The molecule has 3 unspecified atom stereocenters. The van der Waals surface area contributed by atoms with Gasteiger partial charge < -0.3 is 24.6 Å². The van der Waals surface area contributed by atoms with Crippen LogP contribution in [0.25, 0.3) is 0 Å². The van der Waals surface area contributed by atoms with Crippen LogP contribution in [-0.4, -0.2) is 73.4 Å². The Balaban J connectivity index is 0.000000337. The lowest BCUT2D eigenvalue weighted by atomic mass is 9.88. The van der Waals surface area contributed by atoms with Crippen LogP contribution in [0, 0.1) is 0 Å². The maximum atomic E-state index is 12.6. The standard InChI is InChI=1S/C12H12F6O2.C9H13N.C5H6F4O2/c1-9(19,11(13,14)15)7-4-3-5-8(6-7)10(2,20)12(16,17)18;1-10(2)8-9-6-4-3-5-7-9;6-4(7)5(8,9)11-2-3-1-10-3/h3-6,19-20H,1-2H3;3-7H,8H2,1-2H3;3-4H,1-2H2. The monoisotopic (exact) mass is 611 g/mol. The first-order chi connectivity index (χ1) is 18.5. The van der Waals surface area contributed by atoms with Gasteiger partial charge in [-0.3, -0.25) is 0 Å². The van der Waals surface area contributed by atoms with Crippen molar-refractivity contribution >= 4 is 0 Å². The van der Waals surface area contributed by atoms with E-state index >= 15 is 0 Å². The fraction of sp³-hybridized carbons (Fsp3) is 0.538. The molecule has 0 amide bonds. The molecule has 2 N–H and O–H groups in total. The van der Waals surface area contributed by atoms with Crippen molar-refractivity contribution in [2.45, 2.75) is 62.6 Å². The Hall–Kier alpha value is -2.46. The van der Waals surface area contributed by atoms with Gasteiger partial charge in [0.15, 0.2) is 11.2 Å². The molecule has 2 aromatic rings. The number of halogens is 10. The van der Waals surface area contributed by atoms with Gasteiger partial charge in [0.25, 0.3) is 0 Å². The summed E-state index contributed by atoms with van der Waals surface area (Å²) >= 11 is 0. The number of epoxide rings is 1. The molecule has 1 aliphatic rings. The van der Waals surface area contributed by atoms with Crippen LogP contribution < -0.4 is 0 Å². The maximum Gasteiger partial charge on any atom is 0.421 e. The molecule has 0 radical (unpaired) electrons. The highest BCUT2D eigenvalue weighted by Gasteiger charge is 2.54. The highest BCUT2D eigenvalue weighted by molar-refractivity contribution is 5.33. The van der Waals surface area contributed by atoms with Crippen molar-refractivity contribution < 1.29 is 63.6 Å². The Morgan fingerprint density at radius 3 is 1.61 bits per heavy atom. The van der Waals surface area contributed by atoms with Crippen molar-refractivity contribution in [2.24, 2.45) is 0 Å². The van der Waals surface area contributed by atoms with E-state index in [9.17, 15) is 54.1 Å². The Bertz CT molecular complexity index is 1010. The Kier molecular flexibility index (Phi) is 12.6. The second-order valence-electron chi connectivity index (χ2n) is 9.57. The van der Waals surface area contributed by atoms with Crippen LogP contribution in [0.1, 0.15) is 30.5 Å². The zero-order chi connectivity index (χ0) is 31.9. The summed E-state index contributed by atoms with van der Waals surface area (Å²) in [6, 6.07) is 13.5. The largest absolute Gasteiger partial charge is 0.421 e. The summed E-state index contributed by atoms with van der Waals surface area (Å²) in [5.74, 6) is 0. The van der Waals surface area contributed by atoms with Gasteiger partial charge in [-0.1, -0.05) is 48.5 Å². The molecule has 0 spiro atoms. The smallest absolute Gasteiger partial charge is 0.376 e. The molecule has 41 heavy (non-hydrogen) atoms. The van der Waals surface area contributed by atoms with E-state index in [1.54, 1.807) is 0 Å². The average molecular weight is 612 g/mol. The lowest BCUT2D eigenvalue weighted by Gasteiger charge is -2.30. The molecule has 1 fully saturated rings. The molecule has 0 aliphatic carbocycles. The van der Waals surface area contributed by atoms with E-state index in [1.165, 1.54) is 5.56 Å². The van der Waals surface area contributed by atoms with E-state index < -0.39 is 59.9 Å². The molecule has 1 saturated heterocycles. The third-order valence-electron chi connectivity index (χ3n) is 5.55. The summed E-state index contributed by atoms with van der Waals surface area (Å²) in [5.41, 5.74) is -6.83. The van der Waals surface area contributed by atoms with Gasteiger partial charge in [-0.2, -0.15) is 35.1 Å². The number of rotatable bonds is 8. The third kappa shape index (κ3) is 11.4. The minimum atomic E-state index is -5.06. The van der Waals surface area contributed by atoms with E-state index in [2.05, 4.69) is 52.7 Å². The van der Waals surface area contributed by atoms with Crippen LogP contribution in [-0.2, 0) is 27.2 Å². The molecular formula is C26H31F10NO4. The molecule has 234 valence electrons. The van der Waals surface area contributed by atoms with Crippen LogP contribution in [0.3, 0.4) is 0 Å². The first-order valence-electron chi connectivity index (χ1n) is 11.8. The second-order valence-corrected chi connectivity index (χ2v) is 9.57. The number of alkyl halides is 10. The van der Waals surface area contributed by atoms with E-state index in [4.69, 9.17) is 0 Å². The summed E-state index contributed by atoms with van der Waals surface area (Å²) in [4.78, 5) is 2.16. The van der Waals surface area contributed by atoms with E-state index in [-0.39, 0.29) is 0 Å². The highest BCUT2D eigenvalue weighted by Crippen LogP contribution is 2.42. The van der Waals surface area contributed by atoms with Crippen molar-refractivity contribution in [2.75, 3.05) is 27.3 Å². The van der Waals surface area contributed by atoms with Gasteiger partial charge >= 0.3 is 24.9 Å². The molecule has 0 bridgehead atoms. The maximum absolute atomic E-state index is 12.6. The van der Waals surface area contributed by atoms with Gasteiger partial charge in [0, 0.05) is 6.54 Å². The number of hydrogen-bond donors (Lipinski definition) is 2. The first-order valence-corrected chi connectivity index (χ1v) is 11.8. The molecule has 0 saturated carbocycles. The van der Waals surface area contributed by atoms with E-state index in [0.29, 0.717) is 26.5 Å². The minimum absolute atomic E-state index is 0.305. The molecule has 5 nitrogen and oxygen atoms in total. The zero-order valence-electron chi connectivity index (χ0n) is 22.4. The van der Waals surface area contributed by atoms with Gasteiger partial charge in [0.1, 0.15) is 6.10 Å². The molecule has 3 atom stereocenters. The second kappa shape index (κ2) is 14.1. The Labute approximate surface area is 230 Å². The molecule has 15 heteroatoms. The molecule has 0 aromatic heterocycles. The lowest BCUT2D eigenvalue weighted by molar-refractivity contribution is -0.301. The number of benzene rings is 2. The topological polar surface area (TPSA) is 65.5 Å². The van der Waals surface area contributed by atoms with E-state index in [1.807, 2.05) is 6.07 Å². The van der Waals surface area contributed by atoms with Gasteiger partial charge in [0.05, 0.1) is 13.2 Å². The summed E-state index contributed by atoms with van der Waals surface area (Å²) in [6.45, 7) is 1.71. The van der Waals surface area contributed by atoms with Crippen molar-refractivity contribution in [1.82, 2.24) is 4.90 Å². The van der Waals surface area contributed by atoms with Crippen LogP contribution >= 0.6 is 0 Å². The van der Waals surface area contributed by atoms with Gasteiger partial charge in [-0.05, 0) is 50.7 Å². The number of hydrogen-bond acceptors (Lipinski definition) is 5. The molecule has 1 aliphatic heterocycles. The number of ether oxygens (including phenoxy) is 2. The Morgan fingerprint density at radius 1 is 0.829 bits per heavy atom. The van der Waals surface area contributed by atoms with Crippen LogP contribution in [0.5, 0.6) is 0 Å². The predicted octanol–water partition coefficient (Wildman–Crippen LogP) is 6.23. The first kappa shape index (κ1) is 36.6. The number of aliphatic hydroxyl groups is 2. The van der Waals surface area contributed by atoms with Crippen molar-refractivity contribution in [3.05, 3.63) is 71.3 Å². The zero-order valence-corrected chi connectivity index (χ0v) is 22.4. The molecular weight excluding hydrogens is 580 g/mol. The van der Waals surface area contributed by atoms with Crippen LogP contribution in [0.4, 0.5) is 43.9 Å². The van der Waals surface area contributed by atoms with Crippen molar-refractivity contribution in [1.29, 1.82) is 0 Å². The molecule has 1 heterocycles. The summed E-state index contributed by atoms with van der Waals surface area (Å²) < 4.78 is 131. The number of nitrogens with zero attached hydrogens (tertiary/aromatic N) is 1. The third-order valence-corrected chi connectivity index (χ3v) is 5.55. The average Bonchev–Trinajstić information content (AvgIpc) is 3.67. The summed E-state index contributed by atoms with van der Waals surface area (Å²) in [5, 5.41) is 18.9. The lowest BCUT2D eigenvalue weighted by Crippen LogP contribution is -2.41. The van der Waals surface area contributed by atoms with Crippen molar-refractivity contribution in [3.63, 3.8) is 0 Å².